The number of imidazole rings is 1. The number of carboxylic acid groups (broad SMARTS) is 1. The molecule has 0 bridgehead atoms. The molecule has 0 spiro atoms. The van der Waals surface area contributed by atoms with Crippen molar-refractivity contribution in [2.75, 3.05) is 0 Å². The Morgan fingerprint density at radius 2 is 1.71 bits per heavy atom. The van der Waals surface area contributed by atoms with Crippen LogP contribution in [0.2, 0.25) is 0 Å². The quantitative estimate of drug-likeness (QED) is 0.255. The number of carboxylic acids is 1. The molecule has 0 aliphatic rings. The molecule has 0 saturated heterocycles. The van der Waals surface area contributed by atoms with Crippen LogP contribution in [-0.4, -0.2) is 62.9 Å². The minimum atomic E-state index is -1.21. The van der Waals surface area contributed by atoms with Crippen LogP contribution in [0.4, 0.5) is 0 Å². The summed E-state index contributed by atoms with van der Waals surface area (Å²) in [7, 11) is 0. The van der Waals surface area contributed by atoms with Crippen LogP contribution in [0.5, 0.6) is 0 Å². The molecule has 0 aromatic carbocycles. The minimum Gasteiger partial charge on any atom is -0.480 e. The fourth-order valence-corrected chi connectivity index (χ4v) is 2.74. The fourth-order valence-electron chi connectivity index (χ4n) is 2.74. The number of nitrogens with one attached hydrogen (secondary N) is 4. The van der Waals surface area contributed by atoms with Crippen molar-refractivity contribution >= 4 is 23.7 Å². The Labute approximate surface area is 181 Å². The van der Waals surface area contributed by atoms with Crippen LogP contribution in [0.1, 0.15) is 46.7 Å². The summed E-state index contributed by atoms with van der Waals surface area (Å²) < 4.78 is 0. The lowest BCUT2D eigenvalue weighted by molar-refractivity contribution is -0.142. The summed E-state index contributed by atoms with van der Waals surface area (Å²) in [4.78, 5) is 55.7. The van der Waals surface area contributed by atoms with E-state index in [0.717, 1.165) is 0 Å². The third-order valence-electron chi connectivity index (χ3n) is 5.16. The van der Waals surface area contributed by atoms with E-state index in [1.165, 1.54) is 19.4 Å². The summed E-state index contributed by atoms with van der Waals surface area (Å²) in [5.74, 6) is -3.17. The van der Waals surface area contributed by atoms with Gasteiger partial charge < -0.3 is 31.8 Å². The highest BCUT2D eigenvalue weighted by Gasteiger charge is 2.31. The van der Waals surface area contributed by atoms with Gasteiger partial charge in [0.25, 0.3) is 0 Å². The molecule has 0 aliphatic carbocycles. The number of nitrogens with two attached hydrogens (primary N) is 1. The molecule has 0 radical (unpaired) electrons. The molecule has 0 saturated carbocycles. The van der Waals surface area contributed by atoms with Gasteiger partial charge in [0, 0.05) is 18.3 Å². The van der Waals surface area contributed by atoms with E-state index in [2.05, 4.69) is 25.9 Å². The maximum absolute atomic E-state index is 12.8. The lowest BCUT2D eigenvalue weighted by Crippen LogP contribution is -2.58. The van der Waals surface area contributed by atoms with Gasteiger partial charge >= 0.3 is 5.97 Å². The van der Waals surface area contributed by atoms with Crippen molar-refractivity contribution in [3.63, 3.8) is 0 Å². The molecular formula is C20H34N6O5. The van der Waals surface area contributed by atoms with E-state index in [4.69, 9.17) is 5.73 Å². The first-order valence-electron chi connectivity index (χ1n) is 10.3. The van der Waals surface area contributed by atoms with E-state index < -0.39 is 47.9 Å². The molecule has 1 aromatic heterocycles. The highest BCUT2D eigenvalue weighted by molar-refractivity contribution is 5.94. The van der Waals surface area contributed by atoms with Crippen LogP contribution in [0.25, 0.3) is 0 Å². The molecule has 7 N–H and O–H groups in total. The fraction of sp³-hybridized carbons (Fsp3) is 0.650. The number of hydrogen-bond acceptors (Lipinski definition) is 6. The largest absolute Gasteiger partial charge is 0.480 e. The number of carbonyl (C=O) groups excluding carboxylic acids is 3. The number of amides is 3. The molecule has 11 nitrogen and oxygen atoms in total. The zero-order valence-electron chi connectivity index (χ0n) is 18.6. The predicted molar refractivity (Wildman–Crippen MR) is 114 cm³/mol. The summed E-state index contributed by atoms with van der Waals surface area (Å²) in [6, 6.07) is -3.85. The van der Waals surface area contributed by atoms with Gasteiger partial charge in [0.2, 0.25) is 17.7 Å². The van der Waals surface area contributed by atoms with Crippen molar-refractivity contribution in [1.82, 2.24) is 25.9 Å². The summed E-state index contributed by atoms with van der Waals surface area (Å²) >= 11 is 0. The van der Waals surface area contributed by atoms with Gasteiger partial charge in [0.1, 0.15) is 18.1 Å². The molecule has 1 heterocycles. The van der Waals surface area contributed by atoms with Crippen molar-refractivity contribution < 1.29 is 24.3 Å². The Hall–Kier alpha value is -2.95. The van der Waals surface area contributed by atoms with E-state index in [9.17, 15) is 24.3 Å². The molecular weight excluding hydrogens is 404 g/mol. The van der Waals surface area contributed by atoms with Gasteiger partial charge in [-0.15, -0.1) is 0 Å². The van der Waals surface area contributed by atoms with Crippen LogP contribution in [-0.2, 0) is 25.6 Å². The van der Waals surface area contributed by atoms with Crippen LogP contribution in [0.15, 0.2) is 12.5 Å². The SMILES string of the molecule is CCC(C)C(NC(=O)C(N)C(C)C)C(=O)NC(C)C(=O)NC(Cc1cnc[nH]1)C(=O)O. The molecule has 174 valence electrons. The van der Waals surface area contributed by atoms with Crippen molar-refractivity contribution in [2.24, 2.45) is 17.6 Å². The Morgan fingerprint density at radius 1 is 1.06 bits per heavy atom. The monoisotopic (exact) mass is 438 g/mol. The van der Waals surface area contributed by atoms with Gasteiger partial charge in [0.15, 0.2) is 0 Å². The molecule has 0 fully saturated rings. The first-order chi connectivity index (χ1) is 14.5. The maximum Gasteiger partial charge on any atom is 0.326 e. The molecule has 5 unspecified atom stereocenters. The van der Waals surface area contributed by atoms with Crippen LogP contribution in [0, 0.1) is 11.8 Å². The molecule has 0 aliphatic heterocycles. The first kappa shape index (κ1) is 26.1. The van der Waals surface area contributed by atoms with Crippen molar-refractivity contribution in [1.29, 1.82) is 0 Å². The second kappa shape index (κ2) is 12.0. The number of aromatic nitrogens is 2. The maximum atomic E-state index is 12.8. The van der Waals surface area contributed by atoms with Gasteiger partial charge in [0.05, 0.1) is 12.4 Å². The summed E-state index contributed by atoms with van der Waals surface area (Å²) in [5.41, 5.74) is 6.41. The van der Waals surface area contributed by atoms with E-state index in [0.29, 0.717) is 12.1 Å². The van der Waals surface area contributed by atoms with E-state index in [-0.39, 0.29) is 18.3 Å². The number of aromatic amines is 1. The van der Waals surface area contributed by atoms with Crippen molar-refractivity contribution in [2.45, 2.75) is 71.6 Å². The third kappa shape index (κ3) is 8.00. The lowest BCUT2D eigenvalue weighted by Gasteiger charge is -2.27. The smallest absolute Gasteiger partial charge is 0.326 e. The van der Waals surface area contributed by atoms with Gasteiger partial charge in [-0.2, -0.15) is 0 Å². The number of nitrogens with zero attached hydrogens (tertiary/aromatic N) is 1. The number of rotatable bonds is 12. The number of carbonyl (C=O) groups is 4. The number of hydrogen-bond donors (Lipinski definition) is 6. The highest BCUT2D eigenvalue weighted by Crippen LogP contribution is 2.10. The van der Waals surface area contributed by atoms with Crippen LogP contribution < -0.4 is 21.7 Å². The molecule has 1 aromatic rings. The second-order valence-corrected chi connectivity index (χ2v) is 8.05. The highest BCUT2D eigenvalue weighted by atomic mass is 16.4. The zero-order chi connectivity index (χ0) is 23.7. The van der Waals surface area contributed by atoms with Gasteiger partial charge in [-0.1, -0.05) is 34.1 Å². The van der Waals surface area contributed by atoms with Gasteiger partial charge in [-0.05, 0) is 18.8 Å². The van der Waals surface area contributed by atoms with E-state index in [1.807, 2.05) is 6.92 Å². The summed E-state index contributed by atoms with van der Waals surface area (Å²) in [6.45, 7) is 8.73. The number of H-pyrrole nitrogens is 1. The summed E-state index contributed by atoms with van der Waals surface area (Å²) in [6.07, 6.45) is 3.50. The minimum absolute atomic E-state index is 0.0143. The Morgan fingerprint density at radius 3 is 2.19 bits per heavy atom. The standard InChI is InChI=1S/C20H34N6O5/c1-6-11(4)16(26-18(28)15(21)10(2)3)19(29)24-12(5)17(27)25-14(20(30)31)7-13-8-22-9-23-13/h8-12,14-16H,6-7,21H2,1-5H3,(H,22,23)(H,24,29)(H,25,27)(H,26,28)(H,30,31). The number of aliphatic carboxylic acids is 1. The third-order valence-corrected chi connectivity index (χ3v) is 5.16. The summed E-state index contributed by atoms with van der Waals surface area (Å²) in [5, 5.41) is 17.0. The average molecular weight is 439 g/mol. The van der Waals surface area contributed by atoms with Gasteiger partial charge in [-0.25, -0.2) is 9.78 Å². The van der Waals surface area contributed by atoms with E-state index in [1.54, 1.807) is 20.8 Å². The Bertz CT molecular complexity index is 751. The molecule has 11 heteroatoms. The normalized spacial score (nSPS) is 16.0. The zero-order valence-corrected chi connectivity index (χ0v) is 18.6. The first-order valence-corrected chi connectivity index (χ1v) is 10.3. The second-order valence-electron chi connectivity index (χ2n) is 8.05. The Balaban J connectivity index is 2.78. The molecule has 1 rings (SSSR count). The van der Waals surface area contributed by atoms with E-state index >= 15 is 0 Å². The van der Waals surface area contributed by atoms with Crippen LogP contribution >= 0.6 is 0 Å². The average Bonchev–Trinajstić information content (AvgIpc) is 3.22. The Kier molecular flexibility index (Phi) is 10.1. The van der Waals surface area contributed by atoms with Crippen molar-refractivity contribution in [3.05, 3.63) is 18.2 Å². The van der Waals surface area contributed by atoms with Crippen molar-refractivity contribution in [3.8, 4) is 0 Å². The van der Waals surface area contributed by atoms with Crippen LogP contribution in [0.3, 0.4) is 0 Å². The predicted octanol–water partition coefficient (Wildman–Crippen LogP) is -0.459. The topological polar surface area (TPSA) is 179 Å². The molecule has 31 heavy (non-hydrogen) atoms. The molecule has 3 amide bonds. The lowest BCUT2D eigenvalue weighted by atomic mass is 9.96. The molecule has 5 atom stereocenters. The van der Waals surface area contributed by atoms with Gasteiger partial charge in [-0.3, -0.25) is 14.4 Å².